The van der Waals surface area contributed by atoms with Crippen molar-refractivity contribution in [1.29, 1.82) is 0 Å². The summed E-state index contributed by atoms with van der Waals surface area (Å²) in [4.78, 5) is 11.9. The quantitative estimate of drug-likeness (QED) is 0.866. The SMILES string of the molecule is CSCC(=O)Nc1ccc(C)cc1B1OC(C)(C)C(C)(C)O1. The van der Waals surface area contributed by atoms with Crippen LogP contribution in [-0.4, -0.2) is 36.2 Å². The van der Waals surface area contributed by atoms with E-state index in [-0.39, 0.29) is 5.91 Å². The molecular formula is C16H24BNO3S. The van der Waals surface area contributed by atoms with Crippen molar-refractivity contribution in [2.24, 2.45) is 0 Å². The second-order valence-electron chi connectivity index (χ2n) is 6.66. The second-order valence-corrected chi connectivity index (χ2v) is 7.53. The molecule has 1 amide bonds. The van der Waals surface area contributed by atoms with Gasteiger partial charge in [0.15, 0.2) is 0 Å². The molecule has 0 aliphatic carbocycles. The van der Waals surface area contributed by atoms with Crippen LogP contribution in [0.5, 0.6) is 0 Å². The lowest BCUT2D eigenvalue weighted by Gasteiger charge is -2.32. The van der Waals surface area contributed by atoms with Gasteiger partial charge in [-0.25, -0.2) is 0 Å². The third-order valence-electron chi connectivity index (χ3n) is 4.26. The smallest absolute Gasteiger partial charge is 0.399 e. The number of hydrogen-bond acceptors (Lipinski definition) is 4. The van der Waals surface area contributed by atoms with Crippen LogP contribution in [0.4, 0.5) is 5.69 Å². The van der Waals surface area contributed by atoms with Crippen LogP contribution < -0.4 is 10.8 Å². The normalized spacial score (nSPS) is 19.3. The Balaban J connectivity index is 2.31. The Morgan fingerprint density at radius 2 is 1.82 bits per heavy atom. The maximum absolute atomic E-state index is 11.9. The Morgan fingerprint density at radius 1 is 1.23 bits per heavy atom. The lowest BCUT2D eigenvalue weighted by atomic mass is 9.77. The van der Waals surface area contributed by atoms with Crippen LogP contribution in [0.1, 0.15) is 33.3 Å². The molecule has 6 heteroatoms. The highest BCUT2D eigenvalue weighted by Crippen LogP contribution is 2.37. The monoisotopic (exact) mass is 321 g/mol. The molecule has 0 saturated carbocycles. The van der Waals surface area contributed by atoms with Crippen molar-refractivity contribution in [2.45, 2.75) is 45.8 Å². The average Bonchev–Trinajstić information content (AvgIpc) is 2.61. The van der Waals surface area contributed by atoms with Crippen LogP contribution in [0.15, 0.2) is 18.2 Å². The largest absolute Gasteiger partial charge is 0.496 e. The van der Waals surface area contributed by atoms with E-state index >= 15 is 0 Å². The molecule has 0 unspecified atom stereocenters. The molecule has 1 aliphatic rings. The van der Waals surface area contributed by atoms with Gasteiger partial charge in [-0.2, -0.15) is 11.8 Å². The first-order valence-electron chi connectivity index (χ1n) is 7.41. The molecule has 0 radical (unpaired) electrons. The van der Waals surface area contributed by atoms with Gasteiger partial charge in [-0.1, -0.05) is 17.7 Å². The highest BCUT2D eigenvalue weighted by molar-refractivity contribution is 7.99. The zero-order valence-electron chi connectivity index (χ0n) is 14.1. The fraction of sp³-hybridized carbons (Fsp3) is 0.562. The summed E-state index contributed by atoms with van der Waals surface area (Å²) in [6, 6.07) is 5.90. The summed E-state index contributed by atoms with van der Waals surface area (Å²) < 4.78 is 12.2. The molecule has 1 N–H and O–H groups in total. The predicted molar refractivity (Wildman–Crippen MR) is 93.9 cm³/mol. The van der Waals surface area contributed by atoms with Gasteiger partial charge >= 0.3 is 7.12 Å². The minimum absolute atomic E-state index is 0.0193. The lowest BCUT2D eigenvalue weighted by molar-refractivity contribution is -0.113. The molecule has 1 aliphatic heterocycles. The van der Waals surface area contributed by atoms with Crippen molar-refractivity contribution in [3.63, 3.8) is 0 Å². The summed E-state index contributed by atoms with van der Waals surface area (Å²) in [7, 11) is -0.477. The lowest BCUT2D eigenvalue weighted by Crippen LogP contribution is -2.41. The van der Waals surface area contributed by atoms with Crippen LogP contribution in [0.2, 0.25) is 0 Å². The summed E-state index contributed by atoms with van der Waals surface area (Å²) in [6.07, 6.45) is 1.91. The van der Waals surface area contributed by atoms with Crippen molar-refractivity contribution in [1.82, 2.24) is 0 Å². The molecule has 4 nitrogen and oxygen atoms in total. The molecule has 2 rings (SSSR count). The summed E-state index contributed by atoms with van der Waals surface area (Å²) in [5, 5.41) is 2.95. The van der Waals surface area contributed by atoms with Gasteiger partial charge in [-0.05, 0) is 46.9 Å². The minimum atomic E-state index is -0.477. The number of amides is 1. The molecule has 0 aromatic heterocycles. The number of rotatable bonds is 4. The van der Waals surface area contributed by atoms with Crippen molar-refractivity contribution in [2.75, 3.05) is 17.3 Å². The number of hydrogen-bond donors (Lipinski definition) is 1. The highest BCUT2D eigenvalue weighted by Gasteiger charge is 2.52. The Bertz CT molecular complexity index is 559. The molecular weight excluding hydrogens is 297 g/mol. The molecule has 0 bridgehead atoms. The number of thioether (sulfide) groups is 1. The average molecular weight is 321 g/mol. The van der Waals surface area contributed by atoms with E-state index in [0.29, 0.717) is 5.75 Å². The Kier molecular flexibility index (Phi) is 4.95. The summed E-state index contributed by atoms with van der Waals surface area (Å²) >= 11 is 1.50. The zero-order valence-corrected chi connectivity index (χ0v) is 15.0. The Morgan fingerprint density at radius 3 is 2.36 bits per heavy atom. The third-order valence-corrected chi connectivity index (χ3v) is 4.81. The fourth-order valence-corrected chi connectivity index (χ4v) is 2.61. The maximum atomic E-state index is 11.9. The van der Waals surface area contributed by atoms with Crippen molar-refractivity contribution in [3.05, 3.63) is 23.8 Å². The number of benzene rings is 1. The van der Waals surface area contributed by atoms with Gasteiger partial charge in [-0.15, -0.1) is 0 Å². The first-order chi connectivity index (χ1) is 10.2. The summed E-state index contributed by atoms with van der Waals surface area (Å²) in [5.41, 5.74) is 1.92. The standard InChI is InChI=1S/C16H24BNO3S/c1-11-7-8-13(18-14(19)10-22-6)12(9-11)17-20-15(2,3)16(4,5)21-17/h7-9H,10H2,1-6H3,(H,18,19). The van der Waals surface area contributed by atoms with Gasteiger partial charge in [0.2, 0.25) is 5.91 Å². The number of nitrogens with one attached hydrogen (secondary N) is 1. The molecule has 120 valence electrons. The van der Waals surface area contributed by atoms with Crippen molar-refractivity contribution in [3.8, 4) is 0 Å². The van der Waals surface area contributed by atoms with E-state index in [2.05, 4.69) is 5.32 Å². The van der Waals surface area contributed by atoms with Gasteiger partial charge in [0.05, 0.1) is 17.0 Å². The number of aryl methyl sites for hydroxylation is 1. The van der Waals surface area contributed by atoms with Crippen molar-refractivity contribution < 1.29 is 14.1 Å². The Hall–Kier alpha value is -0.975. The van der Waals surface area contributed by atoms with Gasteiger partial charge in [0.1, 0.15) is 0 Å². The molecule has 1 heterocycles. The summed E-state index contributed by atoms with van der Waals surface area (Å²) in [6.45, 7) is 10.1. The minimum Gasteiger partial charge on any atom is -0.399 e. The zero-order chi connectivity index (χ0) is 16.5. The van der Waals surface area contributed by atoms with E-state index in [0.717, 1.165) is 16.7 Å². The van der Waals surface area contributed by atoms with E-state index in [1.807, 2.05) is 59.1 Å². The van der Waals surface area contributed by atoms with Crippen molar-refractivity contribution >= 4 is 35.9 Å². The second kappa shape index (κ2) is 6.26. The number of anilines is 1. The van der Waals surface area contributed by atoms with Crippen LogP contribution in [-0.2, 0) is 14.1 Å². The van der Waals surface area contributed by atoms with Gasteiger partial charge < -0.3 is 14.6 Å². The fourth-order valence-electron chi connectivity index (χ4n) is 2.28. The molecule has 1 aromatic carbocycles. The summed E-state index contributed by atoms with van der Waals surface area (Å²) in [5.74, 6) is 0.408. The maximum Gasteiger partial charge on any atom is 0.496 e. The van der Waals surface area contributed by atoms with Crippen LogP contribution in [0.25, 0.3) is 0 Å². The van der Waals surface area contributed by atoms with E-state index in [1.165, 1.54) is 11.8 Å². The Labute approximate surface area is 137 Å². The van der Waals surface area contributed by atoms with Crippen LogP contribution in [0.3, 0.4) is 0 Å². The molecule has 22 heavy (non-hydrogen) atoms. The van der Waals surface area contributed by atoms with E-state index < -0.39 is 18.3 Å². The highest BCUT2D eigenvalue weighted by atomic mass is 32.2. The van der Waals surface area contributed by atoms with E-state index in [1.54, 1.807) is 0 Å². The topological polar surface area (TPSA) is 47.6 Å². The predicted octanol–water partition coefficient (Wildman–Crippen LogP) is 2.60. The first kappa shape index (κ1) is 17.4. The van der Waals surface area contributed by atoms with Crippen LogP contribution in [0, 0.1) is 6.92 Å². The van der Waals surface area contributed by atoms with E-state index in [4.69, 9.17) is 9.31 Å². The number of carbonyl (C=O) groups is 1. The van der Waals surface area contributed by atoms with Gasteiger partial charge in [0, 0.05) is 11.2 Å². The molecule has 0 spiro atoms. The van der Waals surface area contributed by atoms with Gasteiger partial charge in [0.25, 0.3) is 0 Å². The third kappa shape index (κ3) is 3.50. The molecule has 0 atom stereocenters. The molecule has 1 fully saturated rings. The first-order valence-corrected chi connectivity index (χ1v) is 8.80. The molecule has 1 aromatic rings. The van der Waals surface area contributed by atoms with Crippen LogP contribution >= 0.6 is 11.8 Å². The number of carbonyl (C=O) groups excluding carboxylic acids is 1. The van der Waals surface area contributed by atoms with Gasteiger partial charge in [-0.3, -0.25) is 4.79 Å². The molecule has 1 saturated heterocycles. The van der Waals surface area contributed by atoms with E-state index in [9.17, 15) is 4.79 Å².